The Balaban J connectivity index is 2.72. The highest BCUT2D eigenvalue weighted by molar-refractivity contribution is 5.53. The normalized spacial score (nSPS) is 23.6. The van der Waals surface area contributed by atoms with Crippen molar-refractivity contribution in [2.75, 3.05) is 6.54 Å². The number of hydrogen-bond acceptors (Lipinski definition) is 4. The molecule has 0 aromatic carbocycles. The molecular weight excluding hydrogens is 182 g/mol. The number of piperidine rings is 1. The van der Waals surface area contributed by atoms with Gasteiger partial charge in [0.1, 0.15) is 6.10 Å². The molecule has 0 aliphatic carbocycles. The molecule has 0 saturated carbocycles. The molecule has 0 radical (unpaired) electrons. The smallest absolute Gasteiger partial charge is 0.153 e. The molecule has 1 N–H and O–H groups in total. The van der Waals surface area contributed by atoms with Gasteiger partial charge >= 0.3 is 0 Å². The summed E-state index contributed by atoms with van der Waals surface area (Å²) in [5, 5.41) is 11.0. The van der Waals surface area contributed by atoms with Gasteiger partial charge in [-0.05, 0) is 33.6 Å². The van der Waals surface area contributed by atoms with E-state index in [4.69, 9.17) is 4.84 Å². The maximum atomic E-state index is 10.6. The first-order valence-electron chi connectivity index (χ1n) is 4.84. The molecule has 4 nitrogen and oxygen atoms in total. The molecular formula is C10H17NO3. The Morgan fingerprint density at radius 3 is 2.71 bits per heavy atom. The van der Waals surface area contributed by atoms with Crippen LogP contribution in [0.3, 0.4) is 0 Å². The van der Waals surface area contributed by atoms with Gasteiger partial charge in [-0.15, -0.1) is 0 Å². The molecule has 80 valence electrons. The molecule has 0 bridgehead atoms. The van der Waals surface area contributed by atoms with E-state index in [-0.39, 0.29) is 11.3 Å². The number of rotatable bonds is 1. The van der Waals surface area contributed by atoms with E-state index in [0.29, 0.717) is 13.0 Å². The molecule has 1 atom stereocenters. The molecule has 0 aromatic heterocycles. The summed E-state index contributed by atoms with van der Waals surface area (Å²) in [6.45, 7) is 6.34. The lowest BCUT2D eigenvalue weighted by Crippen LogP contribution is -2.41. The second kappa shape index (κ2) is 4.13. The van der Waals surface area contributed by atoms with Crippen molar-refractivity contribution < 1.29 is 14.7 Å². The van der Waals surface area contributed by atoms with Crippen molar-refractivity contribution in [2.24, 2.45) is 0 Å². The standard InChI is InChI=1S/C10H17NO3/c1-10(2,3)14-11-6-4-5-9(13)8(11)7-12/h9,13H,4-6H2,1-3H3. The Labute approximate surface area is 84.1 Å². The maximum Gasteiger partial charge on any atom is 0.153 e. The van der Waals surface area contributed by atoms with Crippen LogP contribution in [0, 0.1) is 0 Å². The van der Waals surface area contributed by atoms with Crippen LogP contribution in [-0.4, -0.2) is 34.4 Å². The van der Waals surface area contributed by atoms with Gasteiger partial charge in [0.2, 0.25) is 0 Å². The summed E-state index contributed by atoms with van der Waals surface area (Å²) in [5.41, 5.74) is -0.148. The van der Waals surface area contributed by atoms with Gasteiger partial charge in [0, 0.05) is 6.54 Å². The van der Waals surface area contributed by atoms with Gasteiger partial charge in [0.15, 0.2) is 11.6 Å². The third-order valence-electron chi connectivity index (χ3n) is 1.91. The lowest BCUT2D eigenvalue weighted by atomic mass is 10.1. The molecule has 1 saturated heterocycles. The van der Waals surface area contributed by atoms with E-state index in [1.54, 1.807) is 5.94 Å². The third kappa shape index (κ3) is 2.84. The SMILES string of the molecule is CC(C)(C)ON1CCCC(O)C1=C=O. The highest BCUT2D eigenvalue weighted by atomic mass is 16.7. The first-order chi connectivity index (χ1) is 6.44. The number of aliphatic hydroxyl groups excluding tert-OH is 1. The Kier molecular flexibility index (Phi) is 3.32. The molecule has 1 heterocycles. The van der Waals surface area contributed by atoms with Gasteiger partial charge in [-0.2, -0.15) is 0 Å². The number of aliphatic hydroxyl groups is 1. The zero-order valence-corrected chi connectivity index (χ0v) is 8.91. The fraction of sp³-hybridized carbons (Fsp3) is 0.800. The highest BCUT2D eigenvalue weighted by Gasteiger charge is 2.28. The Bertz CT molecular complexity index is 251. The van der Waals surface area contributed by atoms with Crippen molar-refractivity contribution in [1.29, 1.82) is 0 Å². The molecule has 0 aromatic rings. The zero-order valence-electron chi connectivity index (χ0n) is 8.91. The minimum Gasteiger partial charge on any atom is -0.386 e. The first kappa shape index (κ1) is 11.2. The van der Waals surface area contributed by atoms with Crippen LogP contribution in [0.2, 0.25) is 0 Å². The summed E-state index contributed by atoms with van der Waals surface area (Å²) in [6.07, 6.45) is 0.695. The highest BCUT2D eigenvalue weighted by Crippen LogP contribution is 2.22. The number of nitrogens with zero attached hydrogens (tertiary/aromatic N) is 1. The summed E-state index contributed by atoms with van der Waals surface area (Å²) in [7, 11) is 0. The van der Waals surface area contributed by atoms with Gasteiger partial charge in [-0.1, -0.05) is 0 Å². The maximum absolute atomic E-state index is 10.6. The van der Waals surface area contributed by atoms with Crippen molar-refractivity contribution in [3.8, 4) is 0 Å². The summed E-state index contributed by atoms with van der Waals surface area (Å²) in [5.74, 6) is 1.74. The summed E-state index contributed by atoms with van der Waals surface area (Å²) in [6, 6.07) is 0. The molecule has 14 heavy (non-hydrogen) atoms. The zero-order chi connectivity index (χ0) is 10.8. The molecule has 0 amide bonds. The molecule has 4 heteroatoms. The van der Waals surface area contributed by atoms with E-state index >= 15 is 0 Å². The number of hydroxylamine groups is 2. The van der Waals surface area contributed by atoms with Crippen molar-refractivity contribution >= 4 is 5.94 Å². The Morgan fingerprint density at radius 1 is 1.57 bits per heavy atom. The second-order valence-corrected chi connectivity index (χ2v) is 4.45. The van der Waals surface area contributed by atoms with E-state index in [1.807, 2.05) is 20.8 Å². The fourth-order valence-corrected chi connectivity index (χ4v) is 1.40. The van der Waals surface area contributed by atoms with Crippen LogP contribution < -0.4 is 0 Å². The summed E-state index contributed by atoms with van der Waals surface area (Å²) in [4.78, 5) is 16.1. The minimum absolute atomic E-state index is 0.214. The van der Waals surface area contributed by atoms with Crippen LogP contribution in [0.25, 0.3) is 0 Å². The first-order valence-corrected chi connectivity index (χ1v) is 4.84. The third-order valence-corrected chi connectivity index (χ3v) is 1.91. The van der Waals surface area contributed by atoms with Gasteiger partial charge in [0.25, 0.3) is 0 Å². The van der Waals surface area contributed by atoms with E-state index in [2.05, 4.69) is 0 Å². The number of hydrogen-bond donors (Lipinski definition) is 1. The van der Waals surface area contributed by atoms with Gasteiger partial charge < -0.3 is 5.11 Å². The average molecular weight is 199 g/mol. The van der Waals surface area contributed by atoms with E-state index < -0.39 is 6.10 Å². The van der Waals surface area contributed by atoms with Crippen molar-refractivity contribution in [3.63, 3.8) is 0 Å². The lowest BCUT2D eigenvalue weighted by molar-refractivity contribution is -0.220. The molecule has 1 aliphatic heterocycles. The van der Waals surface area contributed by atoms with Crippen LogP contribution in [0.1, 0.15) is 33.6 Å². The second-order valence-electron chi connectivity index (χ2n) is 4.45. The molecule has 1 rings (SSSR count). The lowest BCUT2D eigenvalue weighted by Gasteiger charge is -2.35. The van der Waals surface area contributed by atoms with Crippen LogP contribution in [0.5, 0.6) is 0 Å². The average Bonchev–Trinajstić information content (AvgIpc) is 2.01. The molecule has 1 fully saturated rings. The van der Waals surface area contributed by atoms with E-state index in [9.17, 15) is 9.90 Å². The Morgan fingerprint density at radius 2 is 2.21 bits per heavy atom. The quantitative estimate of drug-likeness (QED) is 0.637. The number of carbonyl (C=O) groups excluding carboxylic acids is 1. The topological polar surface area (TPSA) is 49.8 Å². The summed E-state index contributed by atoms with van der Waals surface area (Å²) < 4.78 is 0. The summed E-state index contributed by atoms with van der Waals surface area (Å²) >= 11 is 0. The van der Waals surface area contributed by atoms with Crippen molar-refractivity contribution in [2.45, 2.75) is 45.3 Å². The van der Waals surface area contributed by atoms with Crippen LogP contribution in [0.4, 0.5) is 0 Å². The predicted octanol–water partition coefficient (Wildman–Crippen LogP) is 0.889. The molecule has 1 unspecified atom stereocenters. The Hall–Kier alpha value is -0.830. The van der Waals surface area contributed by atoms with Crippen molar-refractivity contribution in [3.05, 3.63) is 5.70 Å². The van der Waals surface area contributed by atoms with Crippen LogP contribution in [-0.2, 0) is 9.63 Å². The minimum atomic E-state index is -0.733. The van der Waals surface area contributed by atoms with Crippen molar-refractivity contribution in [1.82, 2.24) is 5.06 Å². The van der Waals surface area contributed by atoms with E-state index in [1.165, 1.54) is 5.06 Å². The van der Waals surface area contributed by atoms with Crippen LogP contribution in [0.15, 0.2) is 5.70 Å². The molecule has 1 aliphatic rings. The van der Waals surface area contributed by atoms with Gasteiger partial charge in [-0.25, -0.2) is 9.86 Å². The van der Waals surface area contributed by atoms with Gasteiger partial charge in [-0.3, -0.25) is 4.84 Å². The largest absolute Gasteiger partial charge is 0.386 e. The van der Waals surface area contributed by atoms with Crippen LogP contribution >= 0.6 is 0 Å². The predicted molar refractivity (Wildman–Crippen MR) is 52.0 cm³/mol. The molecule has 0 spiro atoms. The fourth-order valence-electron chi connectivity index (χ4n) is 1.40. The van der Waals surface area contributed by atoms with E-state index in [0.717, 1.165) is 6.42 Å². The monoisotopic (exact) mass is 199 g/mol. The van der Waals surface area contributed by atoms with Gasteiger partial charge in [0.05, 0.1) is 5.60 Å².